The molecule has 5 rings (SSSR count). The maximum Gasteiger partial charge on any atom is 0.140 e. The molecule has 2 aliphatic rings. The number of hydrogen-bond acceptors (Lipinski definition) is 3. The van der Waals surface area contributed by atoms with Gasteiger partial charge in [0.05, 0.1) is 0 Å². The molecule has 0 saturated carbocycles. The predicted octanol–water partition coefficient (Wildman–Crippen LogP) is 3.46. The highest BCUT2D eigenvalue weighted by Crippen LogP contribution is 2.44. The van der Waals surface area contributed by atoms with Crippen LogP contribution in [0, 0.1) is 6.92 Å². The van der Waals surface area contributed by atoms with E-state index in [1.807, 2.05) is 18.6 Å². The van der Waals surface area contributed by atoms with E-state index in [2.05, 4.69) is 46.6 Å². The summed E-state index contributed by atoms with van der Waals surface area (Å²) in [6.45, 7) is 5.36. The molecule has 2 atom stereocenters. The predicted molar refractivity (Wildman–Crippen MR) is 95.1 cm³/mol. The summed E-state index contributed by atoms with van der Waals surface area (Å²) in [6.07, 6.45) is 7.06. The second kappa shape index (κ2) is 5.15. The van der Waals surface area contributed by atoms with E-state index >= 15 is 0 Å². The van der Waals surface area contributed by atoms with Crippen LogP contribution >= 0.6 is 0 Å². The van der Waals surface area contributed by atoms with Crippen LogP contribution < -0.4 is 0 Å². The fourth-order valence-electron chi connectivity index (χ4n) is 4.73. The van der Waals surface area contributed by atoms with Crippen LogP contribution in [0.4, 0.5) is 0 Å². The normalized spacial score (nSPS) is 23.4. The molecule has 0 saturated heterocycles. The number of hydrogen-bond donors (Lipinski definition) is 0. The van der Waals surface area contributed by atoms with Crippen LogP contribution in [-0.4, -0.2) is 33.0 Å². The minimum atomic E-state index is 0.545. The Kier molecular flexibility index (Phi) is 3.04. The molecule has 0 bridgehead atoms. The summed E-state index contributed by atoms with van der Waals surface area (Å²) >= 11 is 0. The van der Waals surface area contributed by atoms with Crippen molar-refractivity contribution in [2.24, 2.45) is 0 Å². The number of rotatable bonds is 1. The Bertz CT molecular complexity index is 912. The van der Waals surface area contributed by atoms with Gasteiger partial charge in [0, 0.05) is 61.1 Å². The van der Waals surface area contributed by atoms with Gasteiger partial charge in [-0.1, -0.05) is 0 Å². The van der Waals surface area contributed by atoms with E-state index in [4.69, 9.17) is 4.98 Å². The van der Waals surface area contributed by atoms with Crippen molar-refractivity contribution in [3.05, 3.63) is 59.2 Å². The fraction of sp³-hybridized carbons (Fsp3) is 0.400. The van der Waals surface area contributed by atoms with Crippen LogP contribution in [0.2, 0.25) is 0 Å². The van der Waals surface area contributed by atoms with Crippen molar-refractivity contribution in [1.29, 1.82) is 0 Å². The van der Waals surface area contributed by atoms with Crippen molar-refractivity contribution in [1.82, 2.24) is 19.4 Å². The molecule has 0 fully saturated rings. The molecule has 0 N–H and O–H groups in total. The molecule has 4 nitrogen and oxygen atoms in total. The van der Waals surface area contributed by atoms with E-state index in [-0.39, 0.29) is 0 Å². The van der Waals surface area contributed by atoms with Crippen molar-refractivity contribution in [3.8, 4) is 0 Å². The Labute approximate surface area is 142 Å². The quantitative estimate of drug-likeness (QED) is 0.689. The number of aromatic nitrogens is 3. The molecule has 5 heterocycles. The Balaban J connectivity index is 1.71. The zero-order chi connectivity index (χ0) is 16.3. The van der Waals surface area contributed by atoms with E-state index in [0.29, 0.717) is 11.8 Å². The van der Waals surface area contributed by atoms with Crippen LogP contribution in [0.5, 0.6) is 0 Å². The minimum Gasteiger partial charge on any atom is -0.328 e. The van der Waals surface area contributed by atoms with Gasteiger partial charge < -0.3 is 9.47 Å². The Morgan fingerprint density at radius 1 is 1.12 bits per heavy atom. The van der Waals surface area contributed by atoms with Crippen molar-refractivity contribution >= 4 is 11.0 Å². The second-order valence-electron chi connectivity index (χ2n) is 7.47. The molecule has 0 spiro atoms. The van der Waals surface area contributed by atoms with Gasteiger partial charge in [0.2, 0.25) is 0 Å². The summed E-state index contributed by atoms with van der Waals surface area (Å²) in [7, 11) is 2.24. The molecule has 0 amide bonds. The van der Waals surface area contributed by atoms with Gasteiger partial charge in [0.1, 0.15) is 5.65 Å². The second-order valence-corrected chi connectivity index (χ2v) is 7.47. The van der Waals surface area contributed by atoms with Gasteiger partial charge in [-0.25, -0.2) is 4.98 Å². The zero-order valence-electron chi connectivity index (χ0n) is 14.2. The monoisotopic (exact) mass is 318 g/mol. The van der Waals surface area contributed by atoms with E-state index in [9.17, 15) is 0 Å². The average Bonchev–Trinajstić information content (AvgIpc) is 2.90. The Morgan fingerprint density at radius 3 is 2.79 bits per heavy atom. The number of nitrogens with zero attached hydrogens (tertiary/aromatic N) is 4. The van der Waals surface area contributed by atoms with Crippen molar-refractivity contribution in [2.45, 2.75) is 38.3 Å². The first-order valence-corrected chi connectivity index (χ1v) is 8.77. The summed E-state index contributed by atoms with van der Waals surface area (Å²) in [4.78, 5) is 11.5. The lowest BCUT2D eigenvalue weighted by atomic mass is 9.81. The number of fused-ring (bicyclic) bond motifs is 3. The largest absolute Gasteiger partial charge is 0.328 e. The SMILES string of the molecule is Cc1cnc2c(c1)c1c3n2CC(c2ccncc2)CC3CN(C)C1. The average molecular weight is 318 g/mol. The highest BCUT2D eigenvalue weighted by molar-refractivity contribution is 5.83. The first kappa shape index (κ1) is 14.2. The third-order valence-electron chi connectivity index (χ3n) is 5.68. The zero-order valence-corrected chi connectivity index (χ0v) is 14.2. The third kappa shape index (κ3) is 2.02. The van der Waals surface area contributed by atoms with Gasteiger partial charge in [0.15, 0.2) is 0 Å². The molecular weight excluding hydrogens is 296 g/mol. The van der Waals surface area contributed by atoms with Crippen LogP contribution in [0.1, 0.15) is 40.6 Å². The maximum absolute atomic E-state index is 4.81. The molecule has 24 heavy (non-hydrogen) atoms. The topological polar surface area (TPSA) is 34.0 Å². The lowest BCUT2D eigenvalue weighted by Gasteiger charge is -2.38. The van der Waals surface area contributed by atoms with Gasteiger partial charge in [-0.05, 0) is 55.3 Å². The Hall–Kier alpha value is -2.20. The van der Waals surface area contributed by atoms with E-state index < -0.39 is 0 Å². The Morgan fingerprint density at radius 2 is 1.96 bits per heavy atom. The number of pyridine rings is 2. The molecule has 3 aromatic rings. The first-order valence-electron chi connectivity index (χ1n) is 8.77. The minimum absolute atomic E-state index is 0.545. The molecule has 4 heteroatoms. The highest BCUT2D eigenvalue weighted by Gasteiger charge is 2.36. The van der Waals surface area contributed by atoms with Gasteiger partial charge in [-0.2, -0.15) is 0 Å². The van der Waals surface area contributed by atoms with E-state index in [1.165, 1.54) is 34.1 Å². The highest BCUT2D eigenvalue weighted by atomic mass is 15.1. The van der Waals surface area contributed by atoms with Crippen LogP contribution in [0.25, 0.3) is 11.0 Å². The fourth-order valence-corrected chi connectivity index (χ4v) is 4.73. The number of likely N-dealkylation sites (N-methyl/N-ethyl adjacent to an activating group) is 1. The summed E-state index contributed by atoms with van der Waals surface area (Å²) in [5.41, 5.74) is 6.88. The van der Waals surface area contributed by atoms with Gasteiger partial charge in [0.25, 0.3) is 0 Å². The lowest BCUT2D eigenvalue weighted by molar-refractivity contribution is 0.244. The van der Waals surface area contributed by atoms with Gasteiger partial charge in [-0.3, -0.25) is 4.98 Å². The summed E-state index contributed by atoms with van der Waals surface area (Å²) in [5, 5.41) is 1.36. The van der Waals surface area contributed by atoms with E-state index in [1.54, 1.807) is 5.69 Å². The summed E-state index contributed by atoms with van der Waals surface area (Å²) < 4.78 is 2.51. The van der Waals surface area contributed by atoms with Crippen molar-refractivity contribution in [2.75, 3.05) is 13.6 Å². The molecule has 122 valence electrons. The molecule has 2 aliphatic heterocycles. The van der Waals surface area contributed by atoms with Crippen LogP contribution in [-0.2, 0) is 13.1 Å². The molecule has 0 aromatic carbocycles. The van der Waals surface area contributed by atoms with Gasteiger partial charge >= 0.3 is 0 Å². The summed E-state index contributed by atoms with van der Waals surface area (Å²) in [6, 6.07) is 6.67. The van der Waals surface area contributed by atoms with Gasteiger partial charge in [-0.15, -0.1) is 0 Å². The molecule has 0 radical (unpaired) electrons. The van der Waals surface area contributed by atoms with Crippen LogP contribution in [0.15, 0.2) is 36.8 Å². The van der Waals surface area contributed by atoms with Crippen LogP contribution in [0.3, 0.4) is 0 Å². The lowest BCUT2D eigenvalue weighted by Crippen LogP contribution is -2.35. The molecule has 3 aromatic heterocycles. The standard InChI is InChI=1S/C20H22N4/c1-13-7-17-18-12-23(2)10-16-8-15(14-3-5-21-6-4-14)11-24(19(16)18)20(17)22-9-13/h3-7,9,15-16H,8,10-12H2,1-2H3. The molecule has 0 aliphatic carbocycles. The first-order chi connectivity index (χ1) is 11.7. The third-order valence-corrected chi connectivity index (χ3v) is 5.68. The van der Waals surface area contributed by atoms with E-state index in [0.717, 1.165) is 19.6 Å². The maximum atomic E-state index is 4.81. The molecule has 2 unspecified atom stereocenters. The van der Waals surface area contributed by atoms with Crippen molar-refractivity contribution < 1.29 is 0 Å². The smallest absolute Gasteiger partial charge is 0.140 e. The molecular formula is C20H22N4. The van der Waals surface area contributed by atoms with Crippen molar-refractivity contribution in [3.63, 3.8) is 0 Å². The summed E-state index contributed by atoms with van der Waals surface area (Å²) in [5.74, 6) is 1.14. The number of aryl methyl sites for hydroxylation is 1.